The third-order valence-electron chi connectivity index (χ3n) is 4.78. The van der Waals surface area contributed by atoms with Crippen molar-refractivity contribution in [1.29, 1.82) is 0 Å². The summed E-state index contributed by atoms with van der Waals surface area (Å²) in [5, 5.41) is 3.31. The second-order valence-electron chi connectivity index (χ2n) is 7.38. The zero-order chi connectivity index (χ0) is 18.0. The van der Waals surface area contributed by atoms with Gasteiger partial charge in [0.1, 0.15) is 0 Å². The van der Waals surface area contributed by atoms with Crippen molar-refractivity contribution in [3.63, 3.8) is 0 Å². The molecule has 0 bridgehead atoms. The SMILES string of the molecule is CCNC(=NCCN1C(=O)c2ccccc2C1=O)N1CCC(C)(C)C1.I. The molecule has 6 nitrogen and oxygen atoms in total. The van der Waals surface area contributed by atoms with Gasteiger partial charge in [-0.25, -0.2) is 0 Å². The average Bonchev–Trinajstić information content (AvgIpc) is 3.06. The van der Waals surface area contributed by atoms with Crippen LogP contribution < -0.4 is 5.32 Å². The van der Waals surface area contributed by atoms with Gasteiger partial charge in [0.15, 0.2) is 5.96 Å². The lowest BCUT2D eigenvalue weighted by Crippen LogP contribution is -2.41. The average molecular weight is 470 g/mol. The van der Waals surface area contributed by atoms with Gasteiger partial charge in [-0.15, -0.1) is 24.0 Å². The van der Waals surface area contributed by atoms with E-state index in [4.69, 9.17) is 0 Å². The lowest BCUT2D eigenvalue weighted by molar-refractivity contribution is 0.0659. The van der Waals surface area contributed by atoms with Crippen molar-refractivity contribution >= 4 is 41.8 Å². The molecule has 7 heteroatoms. The second-order valence-corrected chi connectivity index (χ2v) is 7.38. The number of guanidine groups is 1. The Balaban J connectivity index is 0.00000243. The van der Waals surface area contributed by atoms with Crippen molar-refractivity contribution < 1.29 is 9.59 Å². The van der Waals surface area contributed by atoms with Gasteiger partial charge in [-0.05, 0) is 30.9 Å². The highest BCUT2D eigenvalue weighted by atomic mass is 127. The maximum atomic E-state index is 12.4. The summed E-state index contributed by atoms with van der Waals surface area (Å²) < 4.78 is 0. The molecule has 1 saturated heterocycles. The molecule has 0 aromatic heterocycles. The Bertz CT molecular complexity index is 682. The van der Waals surface area contributed by atoms with Crippen molar-refractivity contribution in [3.8, 4) is 0 Å². The molecule has 26 heavy (non-hydrogen) atoms. The van der Waals surface area contributed by atoms with Crippen LogP contribution in [0, 0.1) is 5.41 Å². The number of halogens is 1. The number of nitrogens with one attached hydrogen (secondary N) is 1. The molecule has 1 N–H and O–H groups in total. The zero-order valence-electron chi connectivity index (χ0n) is 15.6. The Morgan fingerprint density at radius 2 is 1.81 bits per heavy atom. The van der Waals surface area contributed by atoms with E-state index in [2.05, 4.69) is 29.1 Å². The molecular formula is C19H27IN4O2. The molecule has 2 aliphatic rings. The molecule has 0 saturated carbocycles. The van der Waals surface area contributed by atoms with E-state index in [1.807, 2.05) is 6.92 Å². The molecule has 0 radical (unpaired) electrons. The first-order chi connectivity index (χ1) is 11.9. The number of amides is 2. The van der Waals surface area contributed by atoms with E-state index in [1.165, 1.54) is 4.90 Å². The molecule has 2 amide bonds. The number of imide groups is 1. The minimum Gasteiger partial charge on any atom is -0.357 e. The van der Waals surface area contributed by atoms with Crippen LogP contribution >= 0.6 is 24.0 Å². The molecule has 0 spiro atoms. The molecule has 1 aromatic rings. The largest absolute Gasteiger partial charge is 0.357 e. The number of carbonyl (C=O) groups excluding carboxylic acids is 2. The van der Waals surface area contributed by atoms with Crippen LogP contribution in [-0.4, -0.2) is 60.3 Å². The van der Waals surface area contributed by atoms with Crippen LogP contribution in [0.3, 0.4) is 0 Å². The molecule has 3 rings (SSSR count). The van der Waals surface area contributed by atoms with Gasteiger partial charge in [0.25, 0.3) is 11.8 Å². The second kappa shape index (κ2) is 8.37. The summed E-state index contributed by atoms with van der Waals surface area (Å²) in [4.78, 5) is 33.0. The summed E-state index contributed by atoms with van der Waals surface area (Å²) >= 11 is 0. The van der Waals surface area contributed by atoms with E-state index < -0.39 is 0 Å². The van der Waals surface area contributed by atoms with Gasteiger partial charge in [0.05, 0.1) is 17.7 Å². The molecule has 2 heterocycles. The van der Waals surface area contributed by atoms with Gasteiger partial charge in [-0.1, -0.05) is 26.0 Å². The van der Waals surface area contributed by atoms with Crippen molar-refractivity contribution in [2.45, 2.75) is 27.2 Å². The minimum absolute atomic E-state index is 0. The van der Waals surface area contributed by atoms with Gasteiger partial charge in [-0.2, -0.15) is 0 Å². The highest BCUT2D eigenvalue weighted by molar-refractivity contribution is 14.0. The summed E-state index contributed by atoms with van der Waals surface area (Å²) in [5.74, 6) is 0.427. The van der Waals surface area contributed by atoms with Crippen LogP contribution in [0.2, 0.25) is 0 Å². The van der Waals surface area contributed by atoms with E-state index in [0.29, 0.717) is 29.6 Å². The molecular weight excluding hydrogens is 443 g/mol. The van der Waals surface area contributed by atoms with Gasteiger partial charge in [-0.3, -0.25) is 19.5 Å². The third kappa shape index (κ3) is 4.19. The van der Waals surface area contributed by atoms with Crippen molar-refractivity contribution in [2.24, 2.45) is 10.4 Å². The first-order valence-corrected chi connectivity index (χ1v) is 8.91. The number of rotatable bonds is 4. The number of benzene rings is 1. The predicted octanol–water partition coefficient (Wildman–Crippen LogP) is 2.60. The summed E-state index contributed by atoms with van der Waals surface area (Å²) in [7, 11) is 0. The summed E-state index contributed by atoms with van der Waals surface area (Å²) in [6.07, 6.45) is 1.13. The highest BCUT2D eigenvalue weighted by Gasteiger charge is 2.35. The fourth-order valence-corrected chi connectivity index (χ4v) is 3.42. The number of hydrogen-bond acceptors (Lipinski definition) is 3. The molecule has 1 fully saturated rings. The number of carbonyl (C=O) groups is 2. The Hall–Kier alpha value is -1.64. The fraction of sp³-hybridized carbons (Fsp3) is 0.526. The highest BCUT2D eigenvalue weighted by Crippen LogP contribution is 2.28. The van der Waals surface area contributed by atoms with Crippen LogP contribution in [0.1, 0.15) is 47.9 Å². The van der Waals surface area contributed by atoms with Crippen LogP contribution in [-0.2, 0) is 0 Å². The molecule has 0 unspecified atom stereocenters. The van der Waals surface area contributed by atoms with Gasteiger partial charge >= 0.3 is 0 Å². The van der Waals surface area contributed by atoms with Crippen LogP contribution in [0.4, 0.5) is 0 Å². The van der Waals surface area contributed by atoms with Crippen molar-refractivity contribution in [3.05, 3.63) is 35.4 Å². The van der Waals surface area contributed by atoms with Crippen LogP contribution in [0.25, 0.3) is 0 Å². The lowest BCUT2D eigenvalue weighted by atomic mass is 9.93. The monoisotopic (exact) mass is 470 g/mol. The molecule has 142 valence electrons. The molecule has 1 aromatic carbocycles. The Morgan fingerprint density at radius 3 is 2.31 bits per heavy atom. The Kier molecular flexibility index (Phi) is 6.65. The van der Waals surface area contributed by atoms with E-state index in [9.17, 15) is 9.59 Å². The predicted molar refractivity (Wildman–Crippen MR) is 113 cm³/mol. The van der Waals surface area contributed by atoms with Gasteiger partial charge in [0, 0.05) is 26.2 Å². The first-order valence-electron chi connectivity index (χ1n) is 8.91. The topological polar surface area (TPSA) is 65.0 Å². The van der Waals surface area contributed by atoms with Crippen LogP contribution in [0.5, 0.6) is 0 Å². The molecule has 2 aliphatic heterocycles. The summed E-state index contributed by atoms with van der Waals surface area (Å²) in [6.45, 7) is 10.0. The quantitative estimate of drug-likeness (QED) is 0.318. The number of aliphatic imine (C=N–C) groups is 1. The number of hydrogen-bond donors (Lipinski definition) is 1. The van der Waals surface area contributed by atoms with Gasteiger partial charge < -0.3 is 10.2 Å². The lowest BCUT2D eigenvalue weighted by Gasteiger charge is -2.24. The Labute approximate surface area is 172 Å². The number of fused-ring (bicyclic) bond motifs is 1. The summed E-state index contributed by atoms with van der Waals surface area (Å²) in [6, 6.07) is 6.97. The van der Waals surface area contributed by atoms with Crippen molar-refractivity contribution in [2.75, 3.05) is 32.7 Å². The fourth-order valence-electron chi connectivity index (χ4n) is 3.42. The zero-order valence-corrected chi connectivity index (χ0v) is 17.9. The maximum Gasteiger partial charge on any atom is 0.261 e. The molecule has 0 aliphatic carbocycles. The first kappa shape index (κ1) is 20.7. The minimum atomic E-state index is -0.219. The van der Waals surface area contributed by atoms with E-state index >= 15 is 0 Å². The van der Waals surface area contributed by atoms with E-state index in [0.717, 1.165) is 32.0 Å². The van der Waals surface area contributed by atoms with Crippen molar-refractivity contribution in [1.82, 2.24) is 15.1 Å². The standard InChI is InChI=1S/C19H26N4O2.HI/c1-4-20-18(22-11-9-19(2,3)13-22)21-10-12-23-16(24)14-7-5-6-8-15(14)17(23)25;/h5-8H,4,9-13H2,1-3H3,(H,20,21);1H. The number of nitrogens with zero attached hydrogens (tertiary/aromatic N) is 3. The normalized spacial score (nSPS) is 18.8. The smallest absolute Gasteiger partial charge is 0.261 e. The molecule has 0 atom stereocenters. The summed E-state index contributed by atoms with van der Waals surface area (Å²) in [5.41, 5.74) is 1.27. The maximum absolute atomic E-state index is 12.4. The third-order valence-corrected chi connectivity index (χ3v) is 4.78. The number of likely N-dealkylation sites (tertiary alicyclic amines) is 1. The Morgan fingerprint density at radius 1 is 1.19 bits per heavy atom. The van der Waals surface area contributed by atoms with E-state index in [1.54, 1.807) is 24.3 Å². The van der Waals surface area contributed by atoms with E-state index in [-0.39, 0.29) is 35.8 Å². The van der Waals surface area contributed by atoms with Crippen LogP contribution in [0.15, 0.2) is 29.3 Å². The van der Waals surface area contributed by atoms with Gasteiger partial charge in [0.2, 0.25) is 0 Å².